The molecule has 0 atom stereocenters. The highest BCUT2D eigenvalue weighted by Gasteiger charge is 2.15. The van der Waals surface area contributed by atoms with Gasteiger partial charge in [0.1, 0.15) is 5.75 Å². The van der Waals surface area contributed by atoms with Gasteiger partial charge in [-0.15, -0.1) is 0 Å². The Bertz CT molecular complexity index is 690. The largest absolute Gasteiger partial charge is 0.506 e. The number of aromatic nitrogens is 1. The molecular weight excluding hydrogens is 269 g/mol. The molecule has 0 bridgehead atoms. The number of carbonyl (C=O) groups is 1. The number of hydrogen-bond donors (Lipinski definition) is 2. The monoisotopic (exact) mass is 277 g/mol. The molecule has 0 saturated heterocycles. The number of amides is 1. The Kier molecular flexibility index (Phi) is 3.56. The summed E-state index contributed by atoms with van der Waals surface area (Å²) in [4.78, 5) is 25.0. The van der Waals surface area contributed by atoms with E-state index in [1.54, 1.807) is 0 Å². The summed E-state index contributed by atoms with van der Waals surface area (Å²) >= 11 is 0. The highest BCUT2D eigenvalue weighted by Crippen LogP contribution is 2.21. The number of hydrogen-bond acceptors (Lipinski definition) is 5. The maximum atomic E-state index is 13.4. The second-order valence-electron chi connectivity index (χ2n) is 3.81. The summed E-state index contributed by atoms with van der Waals surface area (Å²) in [6.07, 6.45) is 2.37. The average Bonchev–Trinajstić information content (AvgIpc) is 2.38. The predicted octanol–water partition coefficient (Wildman–Crippen LogP) is 2.09. The van der Waals surface area contributed by atoms with Gasteiger partial charge in [-0.05, 0) is 12.1 Å². The van der Waals surface area contributed by atoms with Crippen molar-refractivity contribution in [2.75, 3.05) is 5.32 Å². The molecule has 0 aliphatic rings. The van der Waals surface area contributed by atoms with Gasteiger partial charge >= 0.3 is 5.69 Å². The van der Waals surface area contributed by atoms with Gasteiger partial charge in [0, 0.05) is 24.0 Å². The van der Waals surface area contributed by atoms with Crippen LogP contribution in [0.25, 0.3) is 0 Å². The van der Waals surface area contributed by atoms with Crippen molar-refractivity contribution < 1.29 is 19.2 Å². The summed E-state index contributed by atoms with van der Waals surface area (Å²) in [6.45, 7) is 0. The van der Waals surface area contributed by atoms with Crippen molar-refractivity contribution >= 4 is 17.3 Å². The topological polar surface area (TPSA) is 105 Å². The van der Waals surface area contributed by atoms with Crippen LogP contribution in [0.3, 0.4) is 0 Å². The molecule has 0 aliphatic carbocycles. The van der Waals surface area contributed by atoms with Crippen LogP contribution in [0.5, 0.6) is 5.75 Å². The minimum absolute atomic E-state index is 0.0569. The zero-order chi connectivity index (χ0) is 14.7. The fourth-order valence-corrected chi connectivity index (χ4v) is 1.49. The van der Waals surface area contributed by atoms with E-state index >= 15 is 0 Å². The zero-order valence-corrected chi connectivity index (χ0v) is 9.91. The van der Waals surface area contributed by atoms with E-state index in [1.807, 2.05) is 0 Å². The molecule has 2 N–H and O–H groups in total. The molecule has 2 aromatic rings. The zero-order valence-electron chi connectivity index (χ0n) is 9.91. The first kappa shape index (κ1) is 13.4. The Hall–Kier alpha value is -3.03. The SMILES string of the molecule is O=C(Nc1ccc([N+](=O)[O-])c(F)c1)c1cncc(O)c1. The average molecular weight is 277 g/mol. The van der Waals surface area contributed by atoms with Crippen LogP contribution in [-0.2, 0) is 0 Å². The minimum atomic E-state index is -1.05. The van der Waals surface area contributed by atoms with E-state index in [0.717, 1.165) is 18.3 Å². The first-order valence-electron chi connectivity index (χ1n) is 5.36. The molecular formula is C12H8FN3O4. The molecule has 0 radical (unpaired) electrons. The molecule has 0 unspecified atom stereocenters. The number of aromatic hydroxyl groups is 1. The normalized spacial score (nSPS) is 10.1. The summed E-state index contributed by atoms with van der Waals surface area (Å²) < 4.78 is 13.4. The maximum absolute atomic E-state index is 13.4. The van der Waals surface area contributed by atoms with Gasteiger partial charge in [-0.1, -0.05) is 0 Å². The first-order chi connectivity index (χ1) is 9.47. The number of anilines is 1. The number of nitrogens with one attached hydrogen (secondary N) is 1. The Balaban J connectivity index is 2.20. The predicted molar refractivity (Wildman–Crippen MR) is 66.9 cm³/mol. The van der Waals surface area contributed by atoms with Crippen molar-refractivity contribution in [3.8, 4) is 5.75 Å². The van der Waals surface area contributed by atoms with Crippen molar-refractivity contribution in [2.45, 2.75) is 0 Å². The summed E-state index contributed by atoms with van der Waals surface area (Å²) in [5, 5.41) is 22.0. The fraction of sp³-hybridized carbons (Fsp3) is 0. The Morgan fingerprint density at radius 2 is 2.10 bits per heavy atom. The highest BCUT2D eigenvalue weighted by molar-refractivity contribution is 6.04. The van der Waals surface area contributed by atoms with Gasteiger partial charge in [0.05, 0.1) is 16.7 Å². The second-order valence-corrected chi connectivity index (χ2v) is 3.81. The summed E-state index contributed by atoms with van der Waals surface area (Å²) in [5.41, 5.74) is -0.549. The first-order valence-corrected chi connectivity index (χ1v) is 5.36. The number of halogens is 1. The molecule has 0 spiro atoms. The summed E-state index contributed by atoms with van der Waals surface area (Å²) in [6, 6.07) is 4.18. The van der Waals surface area contributed by atoms with Crippen LogP contribution in [-0.4, -0.2) is 20.9 Å². The lowest BCUT2D eigenvalue weighted by atomic mass is 10.2. The van der Waals surface area contributed by atoms with Crippen LogP contribution in [0.2, 0.25) is 0 Å². The number of rotatable bonds is 3. The fourth-order valence-electron chi connectivity index (χ4n) is 1.49. The highest BCUT2D eigenvalue weighted by atomic mass is 19.1. The standard InChI is InChI=1S/C12H8FN3O4/c13-10-4-8(1-2-11(10)16(19)20)15-12(18)7-3-9(17)6-14-5-7/h1-6,17H,(H,15,18). The van der Waals surface area contributed by atoms with Crippen LogP contribution in [0.15, 0.2) is 36.7 Å². The van der Waals surface area contributed by atoms with E-state index in [9.17, 15) is 24.4 Å². The molecule has 20 heavy (non-hydrogen) atoms. The third-order valence-electron chi connectivity index (χ3n) is 2.39. The van der Waals surface area contributed by atoms with Gasteiger partial charge in [0.15, 0.2) is 0 Å². The van der Waals surface area contributed by atoms with E-state index in [4.69, 9.17) is 0 Å². The summed E-state index contributed by atoms with van der Waals surface area (Å²) in [5.74, 6) is -1.86. The molecule has 0 fully saturated rings. The van der Waals surface area contributed by atoms with Gasteiger partial charge < -0.3 is 10.4 Å². The number of benzene rings is 1. The smallest absolute Gasteiger partial charge is 0.304 e. The molecule has 1 aromatic carbocycles. The number of nitro groups is 1. The van der Waals surface area contributed by atoms with Crippen molar-refractivity contribution in [3.05, 3.63) is 58.2 Å². The number of carbonyl (C=O) groups excluding carboxylic acids is 1. The van der Waals surface area contributed by atoms with Crippen molar-refractivity contribution in [1.29, 1.82) is 0 Å². The van der Waals surface area contributed by atoms with Crippen molar-refractivity contribution in [2.24, 2.45) is 0 Å². The minimum Gasteiger partial charge on any atom is -0.506 e. The lowest BCUT2D eigenvalue weighted by Gasteiger charge is -2.05. The second kappa shape index (κ2) is 5.31. The Morgan fingerprint density at radius 1 is 1.35 bits per heavy atom. The van der Waals surface area contributed by atoms with Crippen LogP contribution in [0.4, 0.5) is 15.8 Å². The van der Waals surface area contributed by atoms with Crippen LogP contribution in [0, 0.1) is 15.9 Å². The molecule has 102 valence electrons. The molecule has 0 saturated carbocycles. The Morgan fingerprint density at radius 3 is 2.70 bits per heavy atom. The van der Waals surface area contributed by atoms with Crippen LogP contribution in [0.1, 0.15) is 10.4 Å². The van der Waals surface area contributed by atoms with E-state index < -0.39 is 22.3 Å². The quantitative estimate of drug-likeness (QED) is 0.660. The van der Waals surface area contributed by atoms with Crippen LogP contribution >= 0.6 is 0 Å². The lowest BCUT2D eigenvalue weighted by Crippen LogP contribution is -2.12. The Labute approximate surface area is 111 Å². The van der Waals surface area contributed by atoms with Gasteiger partial charge in [0.25, 0.3) is 5.91 Å². The lowest BCUT2D eigenvalue weighted by molar-refractivity contribution is -0.387. The summed E-state index contributed by atoms with van der Waals surface area (Å²) in [7, 11) is 0. The molecule has 2 rings (SSSR count). The maximum Gasteiger partial charge on any atom is 0.304 e. The molecule has 1 heterocycles. The molecule has 7 nitrogen and oxygen atoms in total. The number of pyridine rings is 1. The van der Waals surface area contributed by atoms with E-state index in [0.29, 0.717) is 0 Å². The number of nitro benzene ring substituents is 1. The van der Waals surface area contributed by atoms with Crippen LogP contribution < -0.4 is 5.32 Å². The van der Waals surface area contributed by atoms with E-state index in [1.165, 1.54) is 18.3 Å². The van der Waals surface area contributed by atoms with E-state index in [-0.39, 0.29) is 17.0 Å². The third kappa shape index (κ3) is 2.86. The molecule has 1 amide bonds. The van der Waals surface area contributed by atoms with Gasteiger partial charge in [0.2, 0.25) is 5.82 Å². The van der Waals surface area contributed by atoms with Gasteiger partial charge in [-0.2, -0.15) is 4.39 Å². The molecule has 1 aromatic heterocycles. The number of nitrogens with zero attached hydrogens (tertiary/aromatic N) is 2. The molecule has 8 heteroatoms. The van der Waals surface area contributed by atoms with Gasteiger partial charge in [-0.3, -0.25) is 19.9 Å². The van der Waals surface area contributed by atoms with Gasteiger partial charge in [-0.25, -0.2) is 0 Å². The van der Waals surface area contributed by atoms with Crippen molar-refractivity contribution in [3.63, 3.8) is 0 Å². The van der Waals surface area contributed by atoms with E-state index in [2.05, 4.69) is 10.3 Å². The molecule has 0 aliphatic heterocycles. The van der Waals surface area contributed by atoms with Crippen molar-refractivity contribution in [1.82, 2.24) is 4.98 Å². The third-order valence-corrected chi connectivity index (χ3v) is 2.39.